The number of hydrogen-bond donors (Lipinski definition) is 2. The summed E-state index contributed by atoms with van der Waals surface area (Å²) < 4.78 is 0. The highest BCUT2D eigenvalue weighted by Crippen LogP contribution is 2.44. The smallest absolute Gasteiger partial charge is 0.257 e. The van der Waals surface area contributed by atoms with Crippen molar-refractivity contribution in [3.63, 3.8) is 0 Å². The highest BCUT2D eigenvalue weighted by Gasteiger charge is 2.37. The first-order chi connectivity index (χ1) is 10.1. The van der Waals surface area contributed by atoms with Crippen LogP contribution in [0.4, 0.5) is 0 Å². The summed E-state index contributed by atoms with van der Waals surface area (Å²) in [6.45, 7) is 1.52. The van der Waals surface area contributed by atoms with Gasteiger partial charge < -0.3 is 15.1 Å². The molecular weight excluding hydrogens is 266 g/mol. The number of hydrogen-bond acceptors (Lipinski definition) is 3. The van der Waals surface area contributed by atoms with Crippen molar-refractivity contribution in [2.24, 2.45) is 5.41 Å². The Kier molecular flexibility index (Phi) is 3.79. The van der Waals surface area contributed by atoms with E-state index in [4.69, 9.17) is 0 Å². The highest BCUT2D eigenvalue weighted by atomic mass is 16.3. The van der Waals surface area contributed by atoms with Gasteiger partial charge in [0.15, 0.2) is 0 Å². The Bertz CT molecular complexity index is 525. The highest BCUT2D eigenvalue weighted by molar-refractivity contribution is 5.97. The summed E-state index contributed by atoms with van der Waals surface area (Å²) in [4.78, 5) is 14.3. The van der Waals surface area contributed by atoms with Crippen molar-refractivity contribution in [3.8, 4) is 11.5 Å². The first kappa shape index (κ1) is 14.2. The fraction of sp³-hybridized carbons (Fsp3) is 0.588. The lowest BCUT2D eigenvalue weighted by Gasteiger charge is -2.44. The van der Waals surface area contributed by atoms with E-state index in [0.29, 0.717) is 5.41 Å². The van der Waals surface area contributed by atoms with E-state index in [1.165, 1.54) is 50.3 Å². The van der Waals surface area contributed by atoms with E-state index in [0.717, 1.165) is 25.9 Å². The van der Waals surface area contributed by atoms with Gasteiger partial charge >= 0.3 is 0 Å². The summed E-state index contributed by atoms with van der Waals surface area (Å²) in [6.07, 6.45) is 8.72. The average molecular weight is 289 g/mol. The predicted octanol–water partition coefficient (Wildman–Crippen LogP) is 3.28. The van der Waals surface area contributed by atoms with Gasteiger partial charge in [0.1, 0.15) is 11.5 Å². The standard InChI is InChI=1S/C17H23NO3/c19-13-4-5-15(20)14(12-13)16(21)18-10-8-17(9-11-18)6-2-1-3-7-17/h4-5,12,19-20H,1-3,6-11H2. The van der Waals surface area contributed by atoms with Crippen molar-refractivity contribution in [3.05, 3.63) is 23.8 Å². The number of likely N-dealkylation sites (tertiary alicyclic amines) is 1. The quantitative estimate of drug-likeness (QED) is 0.780. The van der Waals surface area contributed by atoms with Crippen LogP contribution in [0.1, 0.15) is 55.3 Å². The average Bonchev–Trinajstić information content (AvgIpc) is 2.51. The van der Waals surface area contributed by atoms with Gasteiger partial charge in [-0.3, -0.25) is 4.79 Å². The van der Waals surface area contributed by atoms with Crippen LogP contribution in [-0.2, 0) is 0 Å². The molecule has 21 heavy (non-hydrogen) atoms. The van der Waals surface area contributed by atoms with Crippen LogP contribution in [0.15, 0.2) is 18.2 Å². The summed E-state index contributed by atoms with van der Waals surface area (Å²) in [5.41, 5.74) is 0.658. The zero-order valence-electron chi connectivity index (χ0n) is 12.3. The van der Waals surface area contributed by atoms with E-state index in [2.05, 4.69) is 0 Å². The molecule has 1 spiro atoms. The Morgan fingerprint density at radius 2 is 1.67 bits per heavy atom. The van der Waals surface area contributed by atoms with Crippen molar-refractivity contribution in [1.29, 1.82) is 0 Å². The maximum absolute atomic E-state index is 12.5. The molecule has 3 rings (SSSR count). The summed E-state index contributed by atoms with van der Waals surface area (Å²) in [5.74, 6) is -0.221. The normalized spacial score (nSPS) is 21.4. The number of carbonyl (C=O) groups is 1. The number of piperidine rings is 1. The monoisotopic (exact) mass is 289 g/mol. The number of amides is 1. The zero-order chi connectivity index (χ0) is 14.9. The van der Waals surface area contributed by atoms with Crippen LogP contribution < -0.4 is 0 Å². The number of rotatable bonds is 1. The molecule has 1 aliphatic heterocycles. The Morgan fingerprint density at radius 3 is 2.33 bits per heavy atom. The van der Waals surface area contributed by atoms with Gasteiger partial charge in [0.2, 0.25) is 0 Å². The topological polar surface area (TPSA) is 60.8 Å². The third-order valence-corrected chi connectivity index (χ3v) is 5.24. The van der Waals surface area contributed by atoms with Crippen molar-refractivity contribution < 1.29 is 15.0 Å². The third kappa shape index (κ3) is 2.85. The predicted molar refractivity (Wildman–Crippen MR) is 80.4 cm³/mol. The van der Waals surface area contributed by atoms with Gasteiger partial charge in [0.25, 0.3) is 5.91 Å². The molecule has 1 aromatic rings. The first-order valence-corrected chi connectivity index (χ1v) is 7.91. The summed E-state index contributed by atoms with van der Waals surface area (Å²) in [6, 6.07) is 4.11. The molecule has 0 bridgehead atoms. The van der Waals surface area contributed by atoms with Gasteiger partial charge in [-0.1, -0.05) is 19.3 Å². The molecule has 0 radical (unpaired) electrons. The Hall–Kier alpha value is -1.71. The zero-order valence-corrected chi connectivity index (χ0v) is 12.3. The van der Waals surface area contributed by atoms with Gasteiger partial charge in [0.05, 0.1) is 5.56 Å². The van der Waals surface area contributed by atoms with E-state index in [1.54, 1.807) is 0 Å². The molecule has 114 valence electrons. The molecule has 2 aliphatic rings. The van der Waals surface area contributed by atoms with Crippen LogP contribution >= 0.6 is 0 Å². The molecule has 1 amide bonds. The number of nitrogens with zero attached hydrogens (tertiary/aromatic N) is 1. The third-order valence-electron chi connectivity index (χ3n) is 5.24. The minimum absolute atomic E-state index is 0.0110. The van der Waals surface area contributed by atoms with Crippen LogP contribution in [0.2, 0.25) is 0 Å². The van der Waals surface area contributed by atoms with Crippen LogP contribution in [0.25, 0.3) is 0 Å². The van der Waals surface area contributed by atoms with Crippen molar-refractivity contribution in [2.75, 3.05) is 13.1 Å². The minimum atomic E-state index is -0.172. The van der Waals surface area contributed by atoms with Crippen molar-refractivity contribution >= 4 is 5.91 Å². The molecule has 4 heteroatoms. The molecule has 0 unspecified atom stereocenters. The lowest BCUT2D eigenvalue weighted by molar-refractivity contribution is 0.0469. The van der Waals surface area contributed by atoms with E-state index < -0.39 is 0 Å². The van der Waals surface area contributed by atoms with Gasteiger partial charge in [-0.2, -0.15) is 0 Å². The fourth-order valence-electron chi connectivity index (χ4n) is 3.85. The van der Waals surface area contributed by atoms with Crippen LogP contribution in [0.5, 0.6) is 11.5 Å². The lowest BCUT2D eigenvalue weighted by atomic mass is 9.68. The minimum Gasteiger partial charge on any atom is -0.508 e. The molecule has 1 aliphatic carbocycles. The number of phenols is 2. The number of phenolic OH excluding ortho intramolecular Hbond substituents is 2. The van der Waals surface area contributed by atoms with Crippen molar-refractivity contribution in [2.45, 2.75) is 44.9 Å². The summed E-state index contributed by atoms with van der Waals surface area (Å²) in [7, 11) is 0. The molecule has 1 saturated carbocycles. The van der Waals surface area contributed by atoms with Crippen molar-refractivity contribution in [1.82, 2.24) is 4.90 Å². The summed E-state index contributed by atoms with van der Waals surface area (Å²) in [5, 5.41) is 19.3. The second-order valence-corrected chi connectivity index (χ2v) is 6.55. The number of carbonyl (C=O) groups excluding carboxylic acids is 1. The largest absolute Gasteiger partial charge is 0.508 e. The SMILES string of the molecule is O=C(c1cc(O)ccc1O)N1CCC2(CCCCC2)CC1. The van der Waals surface area contributed by atoms with E-state index in [1.807, 2.05) is 4.90 Å². The van der Waals surface area contributed by atoms with Crippen LogP contribution in [0.3, 0.4) is 0 Å². The molecule has 0 aromatic heterocycles. The molecule has 2 fully saturated rings. The van der Waals surface area contributed by atoms with Gasteiger partial charge in [-0.05, 0) is 49.3 Å². The number of aromatic hydroxyl groups is 2. The maximum Gasteiger partial charge on any atom is 0.257 e. The number of benzene rings is 1. The first-order valence-electron chi connectivity index (χ1n) is 7.91. The molecule has 1 heterocycles. The second kappa shape index (κ2) is 5.58. The lowest BCUT2D eigenvalue weighted by Crippen LogP contribution is -2.43. The Labute approximate surface area is 125 Å². The second-order valence-electron chi connectivity index (χ2n) is 6.55. The van der Waals surface area contributed by atoms with Crippen LogP contribution in [0, 0.1) is 5.41 Å². The van der Waals surface area contributed by atoms with Gasteiger partial charge in [0, 0.05) is 13.1 Å². The van der Waals surface area contributed by atoms with Crippen LogP contribution in [-0.4, -0.2) is 34.1 Å². The Balaban J connectivity index is 1.69. The van der Waals surface area contributed by atoms with Gasteiger partial charge in [-0.25, -0.2) is 0 Å². The molecule has 1 aromatic carbocycles. The molecular formula is C17H23NO3. The molecule has 1 saturated heterocycles. The van der Waals surface area contributed by atoms with E-state index in [-0.39, 0.29) is 23.0 Å². The summed E-state index contributed by atoms with van der Waals surface area (Å²) >= 11 is 0. The molecule has 4 nitrogen and oxygen atoms in total. The molecule has 0 atom stereocenters. The Morgan fingerprint density at radius 1 is 1.00 bits per heavy atom. The fourth-order valence-corrected chi connectivity index (χ4v) is 3.85. The van der Waals surface area contributed by atoms with E-state index in [9.17, 15) is 15.0 Å². The maximum atomic E-state index is 12.5. The van der Waals surface area contributed by atoms with E-state index >= 15 is 0 Å². The van der Waals surface area contributed by atoms with Gasteiger partial charge in [-0.15, -0.1) is 0 Å². The molecule has 2 N–H and O–H groups in total.